The van der Waals surface area contributed by atoms with Crippen LogP contribution < -0.4 is 4.90 Å². The molecule has 5 heteroatoms. The molecule has 1 aliphatic heterocycles. The maximum absolute atomic E-state index is 5.40. The van der Waals surface area contributed by atoms with E-state index in [2.05, 4.69) is 157 Å². The molecule has 0 spiro atoms. The van der Waals surface area contributed by atoms with Gasteiger partial charge in [-0.25, -0.2) is 9.97 Å². The molecule has 3 aromatic heterocycles. The van der Waals surface area contributed by atoms with Crippen LogP contribution in [0.2, 0.25) is 0 Å². The Morgan fingerprint density at radius 1 is 0.469 bits per heavy atom. The molecule has 11 rings (SSSR count). The lowest BCUT2D eigenvalue weighted by Gasteiger charge is -2.33. The number of hydrogen-bond donors (Lipinski definition) is 0. The van der Waals surface area contributed by atoms with E-state index in [9.17, 15) is 0 Å². The second-order valence-electron chi connectivity index (χ2n) is 12.6. The van der Waals surface area contributed by atoms with Gasteiger partial charge in [0.1, 0.15) is 0 Å². The van der Waals surface area contributed by atoms with Crippen molar-refractivity contribution in [2.75, 3.05) is 4.90 Å². The molecular formula is C44H25N3S2. The van der Waals surface area contributed by atoms with Crippen LogP contribution in [0.15, 0.2) is 152 Å². The van der Waals surface area contributed by atoms with Crippen molar-refractivity contribution < 1.29 is 0 Å². The highest BCUT2D eigenvalue weighted by Crippen LogP contribution is 2.51. The summed E-state index contributed by atoms with van der Waals surface area (Å²) in [6.45, 7) is 0. The second-order valence-corrected chi connectivity index (χ2v) is 14.7. The summed E-state index contributed by atoms with van der Waals surface area (Å²) < 4.78 is 4.93. The zero-order valence-electron chi connectivity index (χ0n) is 26.1. The topological polar surface area (TPSA) is 29.0 Å². The summed E-state index contributed by atoms with van der Waals surface area (Å²) in [5.74, 6) is 0.729. The van der Waals surface area contributed by atoms with Gasteiger partial charge in [-0.2, -0.15) is 0 Å². The van der Waals surface area contributed by atoms with Crippen LogP contribution in [-0.4, -0.2) is 9.97 Å². The molecule has 0 aliphatic carbocycles. The number of thiophene rings is 2. The lowest BCUT2D eigenvalue weighted by Crippen LogP contribution is -2.15. The van der Waals surface area contributed by atoms with Crippen molar-refractivity contribution in [1.29, 1.82) is 0 Å². The standard InChI is InChI=1S/C44H25N3S2/c1-4-18-35-30(14-1)32-17-8-10-26-11-9-19-36(40(26)32)47(35)29-13-7-12-28(24-29)44-45-41(43-42(46-44)33-16-3-6-21-38(33)49-43)27-22-23-39-34(25-27)31-15-2-5-20-37(31)48-39/h1-25H. The Labute approximate surface area is 290 Å². The van der Waals surface area contributed by atoms with Gasteiger partial charge in [0.05, 0.1) is 27.3 Å². The highest BCUT2D eigenvalue weighted by Gasteiger charge is 2.26. The van der Waals surface area contributed by atoms with Gasteiger partial charge in [0.25, 0.3) is 0 Å². The number of fused-ring (bicyclic) bond motifs is 8. The van der Waals surface area contributed by atoms with Gasteiger partial charge in [0.2, 0.25) is 0 Å². The first-order valence-electron chi connectivity index (χ1n) is 16.4. The molecule has 0 radical (unpaired) electrons. The van der Waals surface area contributed by atoms with Crippen molar-refractivity contribution in [3.8, 4) is 33.8 Å². The fourth-order valence-electron chi connectivity index (χ4n) is 7.61. The average Bonchev–Trinajstić information content (AvgIpc) is 3.73. The van der Waals surface area contributed by atoms with Crippen LogP contribution in [0.1, 0.15) is 0 Å². The van der Waals surface area contributed by atoms with Gasteiger partial charge in [-0.1, -0.05) is 103 Å². The van der Waals surface area contributed by atoms with E-state index in [-0.39, 0.29) is 0 Å². The van der Waals surface area contributed by atoms with Crippen molar-refractivity contribution in [2.24, 2.45) is 0 Å². The molecule has 7 aromatic carbocycles. The fourth-order valence-corrected chi connectivity index (χ4v) is 9.85. The highest BCUT2D eigenvalue weighted by atomic mass is 32.1. The Balaban J connectivity index is 1.14. The minimum atomic E-state index is 0.729. The van der Waals surface area contributed by atoms with E-state index in [1.54, 1.807) is 11.3 Å². The monoisotopic (exact) mass is 659 g/mol. The normalized spacial score (nSPS) is 12.4. The van der Waals surface area contributed by atoms with E-state index in [1.807, 2.05) is 11.3 Å². The molecule has 0 bridgehead atoms. The smallest absolute Gasteiger partial charge is 0.160 e. The minimum absolute atomic E-state index is 0.729. The summed E-state index contributed by atoms with van der Waals surface area (Å²) in [5, 5.41) is 6.24. The van der Waals surface area contributed by atoms with Gasteiger partial charge in [-0.3, -0.25) is 0 Å². The molecule has 1 aliphatic rings. The van der Waals surface area contributed by atoms with Crippen molar-refractivity contribution >= 4 is 91.0 Å². The molecular weight excluding hydrogens is 635 g/mol. The quantitative estimate of drug-likeness (QED) is 0.189. The number of rotatable bonds is 3. The van der Waals surface area contributed by atoms with Crippen molar-refractivity contribution in [3.63, 3.8) is 0 Å². The lowest BCUT2D eigenvalue weighted by atomic mass is 9.91. The average molecular weight is 660 g/mol. The van der Waals surface area contributed by atoms with E-state index in [1.165, 1.54) is 63.5 Å². The molecule has 0 N–H and O–H groups in total. The highest BCUT2D eigenvalue weighted by molar-refractivity contribution is 7.26. The zero-order chi connectivity index (χ0) is 32.1. The van der Waals surface area contributed by atoms with Crippen molar-refractivity contribution in [1.82, 2.24) is 9.97 Å². The Morgan fingerprint density at radius 2 is 1.18 bits per heavy atom. The molecule has 4 heterocycles. The summed E-state index contributed by atoms with van der Waals surface area (Å²) in [6.07, 6.45) is 0. The van der Waals surface area contributed by atoms with Crippen molar-refractivity contribution in [2.45, 2.75) is 0 Å². The molecule has 0 saturated carbocycles. The van der Waals surface area contributed by atoms with Gasteiger partial charge in [0, 0.05) is 58.0 Å². The zero-order valence-corrected chi connectivity index (χ0v) is 27.7. The molecule has 0 fully saturated rings. The number of anilines is 3. The summed E-state index contributed by atoms with van der Waals surface area (Å²) in [4.78, 5) is 13.1. The molecule has 0 amide bonds. The molecule has 3 nitrogen and oxygen atoms in total. The lowest BCUT2D eigenvalue weighted by molar-refractivity contribution is 1.23. The van der Waals surface area contributed by atoms with E-state index in [0.29, 0.717) is 0 Å². The predicted octanol–water partition coefficient (Wildman–Crippen LogP) is 13.1. The molecule has 0 atom stereocenters. The van der Waals surface area contributed by atoms with Crippen LogP contribution in [0.4, 0.5) is 17.1 Å². The molecule has 49 heavy (non-hydrogen) atoms. The molecule has 0 unspecified atom stereocenters. The first-order chi connectivity index (χ1) is 24.3. The van der Waals surface area contributed by atoms with Gasteiger partial charge >= 0.3 is 0 Å². The van der Waals surface area contributed by atoms with Gasteiger partial charge < -0.3 is 4.90 Å². The molecule has 0 saturated heterocycles. The summed E-state index contributed by atoms with van der Waals surface area (Å²) in [5.41, 5.74) is 10.0. The number of benzene rings is 7. The maximum Gasteiger partial charge on any atom is 0.160 e. The van der Waals surface area contributed by atoms with Crippen LogP contribution in [0.25, 0.3) is 85.0 Å². The van der Waals surface area contributed by atoms with Crippen LogP contribution in [0.3, 0.4) is 0 Å². The SMILES string of the molecule is c1cc(-c2nc(-c3ccc4sc5ccccc5c4c3)c3sc4ccccc4c3n2)cc(N2c3ccccc3-c3cccc4cccc2c34)c1. The third-order valence-electron chi connectivity index (χ3n) is 9.79. The fraction of sp³-hybridized carbons (Fsp3) is 0. The van der Waals surface area contributed by atoms with Crippen LogP contribution in [0, 0.1) is 0 Å². The van der Waals surface area contributed by atoms with E-state index in [4.69, 9.17) is 9.97 Å². The molecule has 228 valence electrons. The van der Waals surface area contributed by atoms with Gasteiger partial charge in [-0.05, 0) is 59.5 Å². The number of hydrogen-bond acceptors (Lipinski definition) is 5. The first-order valence-corrected chi connectivity index (χ1v) is 18.0. The second kappa shape index (κ2) is 10.3. The Kier molecular flexibility index (Phi) is 5.70. The number of nitrogens with zero attached hydrogens (tertiary/aromatic N) is 3. The molecule has 10 aromatic rings. The van der Waals surface area contributed by atoms with Crippen LogP contribution >= 0.6 is 22.7 Å². The Hall–Kier alpha value is -5.88. The Bertz CT molecular complexity index is 2970. The van der Waals surface area contributed by atoms with E-state index in [0.717, 1.165) is 38.5 Å². The first kappa shape index (κ1) is 27.1. The predicted molar refractivity (Wildman–Crippen MR) is 210 cm³/mol. The van der Waals surface area contributed by atoms with E-state index < -0.39 is 0 Å². The summed E-state index contributed by atoms with van der Waals surface area (Å²) >= 11 is 3.62. The minimum Gasteiger partial charge on any atom is -0.309 e. The van der Waals surface area contributed by atoms with E-state index >= 15 is 0 Å². The summed E-state index contributed by atoms with van der Waals surface area (Å²) in [7, 11) is 0. The summed E-state index contributed by atoms with van der Waals surface area (Å²) in [6, 6.07) is 54.7. The van der Waals surface area contributed by atoms with Gasteiger partial charge in [-0.15, -0.1) is 22.7 Å². The third-order valence-corrected chi connectivity index (χ3v) is 12.1. The van der Waals surface area contributed by atoms with Crippen LogP contribution in [0.5, 0.6) is 0 Å². The maximum atomic E-state index is 5.40. The van der Waals surface area contributed by atoms with Gasteiger partial charge in [0.15, 0.2) is 5.82 Å². The van der Waals surface area contributed by atoms with Crippen molar-refractivity contribution in [3.05, 3.63) is 152 Å². The Morgan fingerprint density at radius 3 is 2.10 bits per heavy atom. The number of para-hydroxylation sites is 1. The van der Waals surface area contributed by atoms with Crippen LogP contribution in [-0.2, 0) is 0 Å². The third kappa shape index (κ3) is 4.00. The number of aromatic nitrogens is 2. The largest absolute Gasteiger partial charge is 0.309 e.